The van der Waals surface area contributed by atoms with Crippen molar-refractivity contribution in [3.05, 3.63) is 65.2 Å². The first-order valence-corrected chi connectivity index (χ1v) is 8.48. The van der Waals surface area contributed by atoms with Crippen molar-refractivity contribution in [2.45, 2.75) is 12.2 Å². The fourth-order valence-electron chi connectivity index (χ4n) is 2.72. The molecule has 7 heteroatoms. The van der Waals surface area contributed by atoms with Crippen molar-refractivity contribution in [2.75, 3.05) is 39.6 Å². The lowest BCUT2D eigenvalue weighted by molar-refractivity contribution is -0.137. The van der Waals surface area contributed by atoms with E-state index in [1.807, 2.05) is 62.3 Å². The average Bonchev–Trinajstić information content (AvgIpc) is 2.61. The molecule has 0 spiro atoms. The molecule has 1 amide bonds. The van der Waals surface area contributed by atoms with Crippen LogP contribution in [0.15, 0.2) is 48.5 Å². The standard InChI is InChI=1S/C20H24F3N3O/c1-25(2)17-10-8-14(9-11-17)18(26(3)4)13-24-19(27)15-6-5-7-16(12-15)20(21,22)23/h5-12,18H,13H2,1-4H3,(H,24,27)/t18-/m0/s1. The summed E-state index contributed by atoms with van der Waals surface area (Å²) in [5.41, 5.74) is 1.23. The summed E-state index contributed by atoms with van der Waals surface area (Å²) in [5.74, 6) is -0.530. The Hall–Kier alpha value is -2.54. The molecule has 1 N–H and O–H groups in total. The van der Waals surface area contributed by atoms with Crippen LogP contribution in [0.4, 0.5) is 18.9 Å². The first-order chi connectivity index (χ1) is 12.6. The molecule has 0 saturated heterocycles. The van der Waals surface area contributed by atoms with Crippen LogP contribution < -0.4 is 10.2 Å². The second-order valence-electron chi connectivity index (χ2n) is 6.75. The van der Waals surface area contributed by atoms with Gasteiger partial charge in [-0.25, -0.2) is 0 Å². The Morgan fingerprint density at radius 1 is 1.04 bits per heavy atom. The summed E-state index contributed by atoms with van der Waals surface area (Å²) in [6.45, 7) is 0.281. The predicted molar refractivity (Wildman–Crippen MR) is 101 cm³/mol. The number of hydrogen-bond acceptors (Lipinski definition) is 3. The SMILES string of the molecule is CN(C)c1ccc([C@H](CNC(=O)c2cccc(C(F)(F)F)c2)N(C)C)cc1. The van der Waals surface area contributed by atoms with Crippen LogP contribution in [0, 0.1) is 0 Å². The lowest BCUT2D eigenvalue weighted by Crippen LogP contribution is -2.34. The normalized spacial score (nSPS) is 12.7. The van der Waals surface area contributed by atoms with Gasteiger partial charge in [0.1, 0.15) is 0 Å². The van der Waals surface area contributed by atoms with Gasteiger partial charge in [0.2, 0.25) is 0 Å². The van der Waals surface area contributed by atoms with Crippen molar-refractivity contribution in [1.29, 1.82) is 0 Å². The summed E-state index contributed by atoms with van der Waals surface area (Å²) in [4.78, 5) is 16.3. The smallest absolute Gasteiger partial charge is 0.378 e. The quantitative estimate of drug-likeness (QED) is 0.829. The molecule has 27 heavy (non-hydrogen) atoms. The van der Waals surface area contributed by atoms with Gasteiger partial charge in [0, 0.05) is 31.9 Å². The van der Waals surface area contributed by atoms with E-state index < -0.39 is 17.6 Å². The van der Waals surface area contributed by atoms with Crippen LogP contribution in [0.3, 0.4) is 0 Å². The molecular weight excluding hydrogens is 355 g/mol. The first-order valence-electron chi connectivity index (χ1n) is 8.48. The summed E-state index contributed by atoms with van der Waals surface area (Å²) < 4.78 is 38.5. The molecule has 0 aliphatic heterocycles. The molecule has 0 bridgehead atoms. The highest BCUT2D eigenvalue weighted by atomic mass is 19.4. The highest BCUT2D eigenvalue weighted by Crippen LogP contribution is 2.29. The fraction of sp³-hybridized carbons (Fsp3) is 0.350. The van der Waals surface area contributed by atoms with Gasteiger partial charge in [0.15, 0.2) is 0 Å². The van der Waals surface area contributed by atoms with Crippen molar-refractivity contribution >= 4 is 11.6 Å². The number of carbonyl (C=O) groups is 1. The van der Waals surface area contributed by atoms with Crippen LogP contribution in [-0.2, 0) is 6.18 Å². The van der Waals surface area contributed by atoms with E-state index >= 15 is 0 Å². The zero-order valence-electron chi connectivity index (χ0n) is 15.8. The number of hydrogen-bond donors (Lipinski definition) is 1. The minimum Gasteiger partial charge on any atom is -0.378 e. The largest absolute Gasteiger partial charge is 0.416 e. The summed E-state index contributed by atoms with van der Waals surface area (Å²) >= 11 is 0. The number of likely N-dealkylation sites (N-methyl/N-ethyl adjacent to an activating group) is 1. The summed E-state index contributed by atoms with van der Waals surface area (Å²) in [5, 5.41) is 2.74. The molecule has 146 valence electrons. The maximum atomic E-state index is 12.8. The lowest BCUT2D eigenvalue weighted by Gasteiger charge is -2.26. The highest BCUT2D eigenvalue weighted by Gasteiger charge is 2.31. The van der Waals surface area contributed by atoms with Crippen molar-refractivity contribution in [3.8, 4) is 0 Å². The highest BCUT2D eigenvalue weighted by molar-refractivity contribution is 5.94. The van der Waals surface area contributed by atoms with Crippen molar-refractivity contribution in [3.63, 3.8) is 0 Å². The van der Waals surface area contributed by atoms with E-state index in [2.05, 4.69) is 5.32 Å². The first kappa shape index (κ1) is 20.8. The second kappa shape index (κ2) is 8.43. The number of nitrogens with one attached hydrogen (secondary N) is 1. The minimum atomic E-state index is -4.48. The Morgan fingerprint density at radius 2 is 1.67 bits per heavy atom. The van der Waals surface area contributed by atoms with E-state index in [1.54, 1.807) is 0 Å². The minimum absolute atomic E-state index is 0.00899. The number of anilines is 1. The van der Waals surface area contributed by atoms with Gasteiger partial charge in [0.25, 0.3) is 5.91 Å². The third-order valence-corrected chi connectivity index (χ3v) is 4.33. The lowest BCUT2D eigenvalue weighted by atomic mass is 10.0. The second-order valence-corrected chi connectivity index (χ2v) is 6.75. The van der Waals surface area contributed by atoms with Crippen LogP contribution in [0.25, 0.3) is 0 Å². The summed E-state index contributed by atoms with van der Waals surface area (Å²) in [6.07, 6.45) is -4.48. The van der Waals surface area contributed by atoms with Crippen LogP contribution in [0.2, 0.25) is 0 Å². The summed E-state index contributed by atoms with van der Waals surface area (Å²) in [6, 6.07) is 12.3. The van der Waals surface area contributed by atoms with Crippen LogP contribution in [0.1, 0.15) is 27.5 Å². The molecule has 0 aliphatic carbocycles. The van der Waals surface area contributed by atoms with E-state index in [1.165, 1.54) is 12.1 Å². The predicted octanol–water partition coefficient (Wildman–Crippen LogP) is 3.80. The third-order valence-electron chi connectivity index (χ3n) is 4.33. The molecule has 2 aromatic rings. The van der Waals surface area contributed by atoms with Crippen molar-refractivity contribution in [2.24, 2.45) is 0 Å². The van der Waals surface area contributed by atoms with Gasteiger partial charge in [-0.15, -0.1) is 0 Å². The van der Waals surface area contributed by atoms with Crippen molar-refractivity contribution < 1.29 is 18.0 Å². The third kappa shape index (κ3) is 5.47. The summed E-state index contributed by atoms with van der Waals surface area (Å²) in [7, 11) is 7.68. The maximum Gasteiger partial charge on any atom is 0.416 e. The Balaban J connectivity index is 2.11. The van der Waals surface area contributed by atoms with Crippen LogP contribution in [-0.4, -0.2) is 45.5 Å². The van der Waals surface area contributed by atoms with E-state index in [0.29, 0.717) is 0 Å². The molecule has 1 atom stereocenters. The molecule has 2 aromatic carbocycles. The number of alkyl halides is 3. The number of halogens is 3. The van der Waals surface area contributed by atoms with Gasteiger partial charge in [-0.1, -0.05) is 18.2 Å². The molecular formula is C20H24F3N3O. The molecule has 4 nitrogen and oxygen atoms in total. The Labute approximate surface area is 157 Å². The zero-order valence-corrected chi connectivity index (χ0v) is 15.8. The zero-order chi connectivity index (χ0) is 20.2. The molecule has 0 heterocycles. The molecule has 0 unspecified atom stereocenters. The van der Waals surface area contributed by atoms with Crippen LogP contribution in [0.5, 0.6) is 0 Å². The number of amides is 1. The number of benzene rings is 2. The topological polar surface area (TPSA) is 35.6 Å². The van der Waals surface area contributed by atoms with E-state index in [9.17, 15) is 18.0 Å². The van der Waals surface area contributed by atoms with Gasteiger partial charge in [-0.05, 0) is 50.0 Å². The molecule has 0 radical (unpaired) electrons. The van der Waals surface area contributed by atoms with Crippen LogP contribution >= 0.6 is 0 Å². The Morgan fingerprint density at radius 3 is 2.19 bits per heavy atom. The molecule has 0 fully saturated rings. The van der Waals surface area contributed by atoms with Gasteiger partial charge < -0.3 is 15.1 Å². The van der Waals surface area contributed by atoms with Gasteiger partial charge in [0.05, 0.1) is 11.6 Å². The van der Waals surface area contributed by atoms with Gasteiger partial charge in [-0.2, -0.15) is 13.2 Å². The monoisotopic (exact) mass is 379 g/mol. The van der Waals surface area contributed by atoms with E-state index in [-0.39, 0.29) is 18.2 Å². The number of carbonyl (C=O) groups excluding carboxylic acids is 1. The number of nitrogens with zero attached hydrogens (tertiary/aromatic N) is 2. The average molecular weight is 379 g/mol. The van der Waals surface area contributed by atoms with Gasteiger partial charge in [-0.3, -0.25) is 4.79 Å². The van der Waals surface area contributed by atoms with Gasteiger partial charge >= 0.3 is 6.18 Å². The number of rotatable bonds is 6. The van der Waals surface area contributed by atoms with E-state index in [4.69, 9.17) is 0 Å². The Bertz CT molecular complexity index is 771. The molecule has 0 aliphatic rings. The molecule has 0 saturated carbocycles. The molecule has 2 rings (SSSR count). The maximum absolute atomic E-state index is 12.8. The fourth-order valence-corrected chi connectivity index (χ4v) is 2.72. The Kier molecular flexibility index (Phi) is 6.49. The van der Waals surface area contributed by atoms with E-state index in [0.717, 1.165) is 23.4 Å². The van der Waals surface area contributed by atoms with Crippen molar-refractivity contribution in [1.82, 2.24) is 10.2 Å². The molecule has 0 aromatic heterocycles.